The van der Waals surface area contributed by atoms with E-state index in [0.29, 0.717) is 12.5 Å². The summed E-state index contributed by atoms with van der Waals surface area (Å²) in [6.45, 7) is 2.56. The van der Waals surface area contributed by atoms with Crippen LogP contribution in [-0.4, -0.2) is 23.8 Å². The summed E-state index contributed by atoms with van der Waals surface area (Å²) in [6.07, 6.45) is 0.888. The lowest BCUT2D eigenvalue weighted by Gasteiger charge is -2.08. The molecule has 4 nitrogen and oxygen atoms in total. The summed E-state index contributed by atoms with van der Waals surface area (Å²) in [5.41, 5.74) is 2.80. The highest BCUT2D eigenvalue weighted by Gasteiger charge is 2.03. The Balaban J connectivity index is 2.04. The molecule has 0 unspecified atom stereocenters. The number of hydrogen-bond donors (Lipinski definition) is 1. The molecule has 1 heterocycles. The Morgan fingerprint density at radius 3 is 2.45 bits per heavy atom. The number of benzene rings is 1. The van der Waals surface area contributed by atoms with Gasteiger partial charge in [0.1, 0.15) is 5.75 Å². The number of aliphatic hydroxyl groups excluding tert-OH is 1. The molecule has 20 heavy (non-hydrogen) atoms. The maximum atomic E-state index is 9.11. The number of methoxy groups -OCH3 is 1. The molecule has 1 aromatic carbocycles. The van der Waals surface area contributed by atoms with Crippen LogP contribution in [0.5, 0.6) is 11.6 Å². The molecule has 0 amide bonds. The van der Waals surface area contributed by atoms with Crippen LogP contribution < -0.4 is 4.74 Å². The van der Waals surface area contributed by atoms with Crippen molar-refractivity contribution in [3.05, 3.63) is 53.2 Å². The molecular formula is C16H19NO3. The molecule has 1 N–H and O–H groups in total. The third-order valence-corrected chi connectivity index (χ3v) is 3.08. The van der Waals surface area contributed by atoms with E-state index in [1.807, 2.05) is 37.3 Å². The van der Waals surface area contributed by atoms with Gasteiger partial charge in [0.2, 0.25) is 5.88 Å². The zero-order valence-electron chi connectivity index (χ0n) is 11.8. The Bertz CT molecular complexity index is 552. The van der Waals surface area contributed by atoms with Crippen LogP contribution >= 0.6 is 0 Å². The summed E-state index contributed by atoms with van der Waals surface area (Å²) < 4.78 is 10.7. The minimum Gasteiger partial charge on any atom is -0.439 e. The van der Waals surface area contributed by atoms with Crippen LogP contribution in [0.15, 0.2) is 36.4 Å². The smallest absolute Gasteiger partial charge is 0.219 e. The second kappa shape index (κ2) is 7.03. The third kappa shape index (κ3) is 3.79. The Morgan fingerprint density at radius 2 is 1.85 bits per heavy atom. The topological polar surface area (TPSA) is 51.6 Å². The van der Waals surface area contributed by atoms with E-state index in [1.54, 1.807) is 13.2 Å². The summed E-state index contributed by atoms with van der Waals surface area (Å²) in [4.78, 5) is 4.31. The minimum atomic E-state index is -0.00664. The SMILES string of the molecule is COCCc1ccc(Oc2ccc(CO)c(C)n2)cc1. The molecule has 106 valence electrons. The normalized spacial score (nSPS) is 10.6. The number of aryl methyl sites for hydroxylation is 1. The standard InChI is InChI=1S/C16H19NO3/c1-12-14(11-18)5-8-16(17-12)20-15-6-3-13(4-7-15)9-10-19-2/h3-8,18H,9-11H2,1-2H3. The van der Waals surface area contributed by atoms with Gasteiger partial charge in [-0.05, 0) is 42.7 Å². The number of aromatic nitrogens is 1. The minimum absolute atomic E-state index is 0.00664. The van der Waals surface area contributed by atoms with Crippen LogP contribution in [0, 0.1) is 6.92 Å². The highest BCUT2D eigenvalue weighted by atomic mass is 16.5. The fourth-order valence-electron chi connectivity index (χ4n) is 1.86. The number of rotatable bonds is 6. The maximum absolute atomic E-state index is 9.11. The molecule has 0 saturated heterocycles. The van der Waals surface area contributed by atoms with Gasteiger partial charge < -0.3 is 14.6 Å². The van der Waals surface area contributed by atoms with E-state index in [1.165, 1.54) is 5.56 Å². The van der Waals surface area contributed by atoms with Gasteiger partial charge >= 0.3 is 0 Å². The van der Waals surface area contributed by atoms with Gasteiger partial charge in [0, 0.05) is 18.9 Å². The molecular weight excluding hydrogens is 254 g/mol. The fourth-order valence-corrected chi connectivity index (χ4v) is 1.86. The number of hydrogen-bond acceptors (Lipinski definition) is 4. The van der Waals surface area contributed by atoms with Gasteiger partial charge in [-0.3, -0.25) is 0 Å². The molecule has 0 spiro atoms. The first-order chi connectivity index (χ1) is 9.72. The quantitative estimate of drug-likeness (QED) is 0.879. The highest BCUT2D eigenvalue weighted by molar-refractivity contribution is 5.32. The Labute approximate surface area is 119 Å². The summed E-state index contributed by atoms with van der Waals surface area (Å²) in [7, 11) is 1.70. The first-order valence-electron chi connectivity index (χ1n) is 6.56. The molecule has 2 rings (SSSR count). The van der Waals surface area contributed by atoms with Crippen molar-refractivity contribution in [3.8, 4) is 11.6 Å². The monoisotopic (exact) mass is 273 g/mol. The highest BCUT2D eigenvalue weighted by Crippen LogP contribution is 2.21. The summed E-state index contributed by atoms with van der Waals surface area (Å²) in [5, 5.41) is 9.11. The van der Waals surface area contributed by atoms with E-state index in [-0.39, 0.29) is 6.61 Å². The summed E-state index contributed by atoms with van der Waals surface area (Å²) in [5.74, 6) is 1.28. The molecule has 0 aliphatic carbocycles. The van der Waals surface area contributed by atoms with Crippen LogP contribution in [-0.2, 0) is 17.8 Å². The Hall–Kier alpha value is -1.91. The van der Waals surface area contributed by atoms with Crippen molar-refractivity contribution in [3.63, 3.8) is 0 Å². The van der Waals surface area contributed by atoms with Crippen molar-refractivity contribution < 1.29 is 14.6 Å². The van der Waals surface area contributed by atoms with Crippen molar-refractivity contribution >= 4 is 0 Å². The predicted molar refractivity (Wildman–Crippen MR) is 77.0 cm³/mol. The zero-order chi connectivity index (χ0) is 14.4. The lowest BCUT2D eigenvalue weighted by Crippen LogP contribution is -1.96. The van der Waals surface area contributed by atoms with Gasteiger partial charge in [-0.2, -0.15) is 0 Å². The van der Waals surface area contributed by atoms with Gasteiger partial charge in [-0.1, -0.05) is 12.1 Å². The van der Waals surface area contributed by atoms with Crippen LogP contribution in [0.2, 0.25) is 0 Å². The molecule has 0 atom stereocenters. The van der Waals surface area contributed by atoms with Crippen LogP contribution in [0.4, 0.5) is 0 Å². The van der Waals surface area contributed by atoms with Crippen molar-refractivity contribution in [1.82, 2.24) is 4.98 Å². The summed E-state index contributed by atoms with van der Waals surface area (Å²) in [6, 6.07) is 11.5. The van der Waals surface area contributed by atoms with Crippen LogP contribution in [0.1, 0.15) is 16.8 Å². The molecule has 1 aromatic heterocycles. The molecule has 0 bridgehead atoms. The number of nitrogens with zero attached hydrogens (tertiary/aromatic N) is 1. The Kier molecular flexibility index (Phi) is 5.09. The second-order valence-corrected chi connectivity index (χ2v) is 4.54. The predicted octanol–water partition coefficient (Wildman–Crippen LogP) is 2.86. The average Bonchev–Trinajstić information content (AvgIpc) is 2.47. The zero-order valence-corrected chi connectivity index (χ0v) is 11.8. The Morgan fingerprint density at radius 1 is 1.10 bits per heavy atom. The van der Waals surface area contributed by atoms with Gasteiger partial charge in [0.25, 0.3) is 0 Å². The van der Waals surface area contributed by atoms with E-state index < -0.39 is 0 Å². The molecule has 0 fully saturated rings. The van der Waals surface area contributed by atoms with E-state index in [0.717, 1.165) is 23.4 Å². The van der Waals surface area contributed by atoms with Crippen LogP contribution in [0.25, 0.3) is 0 Å². The lowest BCUT2D eigenvalue weighted by atomic mass is 10.1. The summed E-state index contributed by atoms with van der Waals surface area (Å²) >= 11 is 0. The van der Waals surface area contributed by atoms with Crippen LogP contribution in [0.3, 0.4) is 0 Å². The van der Waals surface area contributed by atoms with Crippen molar-refractivity contribution in [2.45, 2.75) is 20.0 Å². The van der Waals surface area contributed by atoms with Crippen molar-refractivity contribution in [1.29, 1.82) is 0 Å². The van der Waals surface area contributed by atoms with E-state index in [9.17, 15) is 0 Å². The number of pyridine rings is 1. The van der Waals surface area contributed by atoms with Gasteiger partial charge in [-0.15, -0.1) is 0 Å². The number of aliphatic hydroxyl groups is 1. The number of ether oxygens (including phenoxy) is 2. The third-order valence-electron chi connectivity index (χ3n) is 3.08. The second-order valence-electron chi connectivity index (χ2n) is 4.54. The van der Waals surface area contributed by atoms with Crippen molar-refractivity contribution in [2.24, 2.45) is 0 Å². The van der Waals surface area contributed by atoms with E-state index in [2.05, 4.69) is 4.98 Å². The van der Waals surface area contributed by atoms with E-state index in [4.69, 9.17) is 14.6 Å². The fraction of sp³-hybridized carbons (Fsp3) is 0.312. The first-order valence-corrected chi connectivity index (χ1v) is 6.56. The van der Waals surface area contributed by atoms with Gasteiger partial charge in [0.05, 0.1) is 13.2 Å². The lowest BCUT2D eigenvalue weighted by molar-refractivity contribution is 0.202. The molecule has 4 heteroatoms. The molecule has 0 saturated carbocycles. The largest absolute Gasteiger partial charge is 0.439 e. The van der Waals surface area contributed by atoms with Gasteiger partial charge in [-0.25, -0.2) is 4.98 Å². The molecule has 0 aliphatic heterocycles. The van der Waals surface area contributed by atoms with E-state index >= 15 is 0 Å². The molecule has 0 aliphatic rings. The molecule has 0 radical (unpaired) electrons. The average molecular weight is 273 g/mol. The maximum Gasteiger partial charge on any atom is 0.219 e. The van der Waals surface area contributed by atoms with Gasteiger partial charge in [0.15, 0.2) is 0 Å². The first kappa shape index (κ1) is 14.5. The van der Waals surface area contributed by atoms with Crippen molar-refractivity contribution in [2.75, 3.05) is 13.7 Å². The molecule has 2 aromatic rings.